The van der Waals surface area contributed by atoms with Crippen molar-refractivity contribution in [3.05, 3.63) is 47.3 Å². The minimum Gasteiger partial charge on any atom is -0.494 e. The second-order valence-corrected chi connectivity index (χ2v) is 4.07. The number of hydrogen-bond acceptors (Lipinski definition) is 4. The molecule has 2 rings (SSSR count). The fourth-order valence-corrected chi connectivity index (χ4v) is 1.64. The lowest BCUT2D eigenvalue weighted by atomic mass is 10.2. The second-order valence-electron chi connectivity index (χ2n) is 4.07. The van der Waals surface area contributed by atoms with Gasteiger partial charge in [-0.05, 0) is 38.1 Å². The first kappa shape index (κ1) is 13.1. The lowest BCUT2D eigenvalue weighted by molar-refractivity contribution is 0.0950. The molecule has 0 atom stereocenters. The molecule has 2 aromatic rings. The number of rotatable bonds is 5. The summed E-state index contributed by atoms with van der Waals surface area (Å²) in [6, 6.07) is 8.80. The van der Waals surface area contributed by atoms with Gasteiger partial charge in [-0.2, -0.15) is 0 Å². The van der Waals surface area contributed by atoms with Crippen molar-refractivity contribution in [1.82, 2.24) is 10.5 Å². The predicted octanol–water partition coefficient (Wildman–Crippen LogP) is 2.31. The summed E-state index contributed by atoms with van der Waals surface area (Å²) < 4.78 is 10.2. The van der Waals surface area contributed by atoms with Crippen LogP contribution in [0, 0.1) is 6.92 Å². The molecular formula is C14H16N2O3. The lowest BCUT2D eigenvalue weighted by Gasteiger charge is -2.05. The minimum atomic E-state index is -0.149. The molecule has 0 bridgehead atoms. The second kappa shape index (κ2) is 6.04. The molecule has 0 spiro atoms. The summed E-state index contributed by atoms with van der Waals surface area (Å²) in [6.45, 7) is 4.69. The van der Waals surface area contributed by atoms with Crippen LogP contribution < -0.4 is 10.1 Å². The van der Waals surface area contributed by atoms with E-state index in [1.807, 2.05) is 13.8 Å². The highest BCUT2D eigenvalue weighted by Gasteiger charge is 2.07. The first-order chi connectivity index (χ1) is 9.19. The third-order valence-electron chi connectivity index (χ3n) is 2.53. The molecule has 0 saturated heterocycles. The van der Waals surface area contributed by atoms with E-state index in [9.17, 15) is 4.79 Å². The molecule has 1 heterocycles. The summed E-state index contributed by atoms with van der Waals surface area (Å²) >= 11 is 0. The number of aromatic nitrogens is 1. The number of benzene rings is 1. The fraction of sp³-hybridized carbons (Fsp3) is 0.286. The summed E-state index contributed by atoms with van der Waals surface area (Å²) in [6.07, 6.45) is 0. The van der Waals surface area contributed by atoms with Crippen molar-refractivity contribution in [3.63, 3.8) is 0 Å². The molecule has 0 saturated carbocycles. The van der Waals surface area contributed by atoms with Gasteiger partial charge in [-0.3, -0.25) is 4.79 Å². The maximum atomic E-state index is 11.9. The minimum absolute atomic E-state index is 0.149. The molecule has 0 fully saturated rings. The molecule has 5 heteroatoms. The Balaban J connectivity index is 1.92. The van der Waals surface area contributed by atoms with Crippen LogP contribution in [0.4, 0.5) is 0 Å². The smallest absolute Gasteiger partial charge is 0.251 e. The number of aryl methyl sites for hydroxylation is 1. The van der Waals surface area contributed by atoms with E-state index in [0.717, 1.165) is 11.5 Å². The molecule has 0 aliphatic heterocycles. The molecule has 0 aliphatic carbocycles. The lowest BCUT2D eigenvalue weighted by Crippen LogP contribution is -2.22. The Morgan fingerprint density at radius 1 is 1.37 bits per heavy atom. The van der Waals surface area contributed by atoms with E-state index in [0.29, 0.717) is 24.4 Å². The third-order valence-corrected chi connectivity index (χ3v) is 2.53. The summed E-state index contributed by atoms with van der Waals surface area (Å²) in [5, 5.41) is 6.59. The van der Waals surface area contributed by atoms with Crippen LogP contribution in [0.1, 0.15) is 28.7 Å². The Morgan fingerprint density at radius 2 is 2.11 bits per heavy atom. The SMILES string of the molecule is CCOc1ccc(C(=O)NCc2cc(C)on2)cc1. The number of carbonyl (C=O) groups is 1. The van der Waals surface area contributed by atoms with Crippen molar-refractivity contribution < 1.29 is 14.1 Å². The van der Waals surface area contributed by atoms with Gasteiger partial charge in [-0.25, -0.2) is 0 Å². The van der Waals surface area contributed by atoms with Crippen LogP contribution >= 0.6 is 0 Å². The van der Waals surface area contributed by atoms with E-state index in [1.54, 1.807) is 30.3 Å². The normalized spacial score (nSPS) is 10.2. The van der Waals surface area contributed by atoms with Gasteiger partial charge in [0.2, 0.25) is 0 Å². The van der Waals surface area contributed by atoms with E-state index in [-0.39, 0.29) is 5.91 Å². The predicted molar refractivity (Wildman–Crippen MR) is 70.0 cm³/mol. The molecule has 1 aromatic carbocycles. The van der Waals surface area contributed by atoms with Crippen LogP contribution in [0.2, 0.25) is 0 Å². The third kappa shape index (κ3) is 3.58. The molecule has 100 valence electrons. The van der Waals surface area contributed by atoms with Crippen molar-refractivity contribution >= 4 is 5.91 Å². The zero-order valence-corrected chi connectivity index (χ0v) is 11.0. The number of ether oxygens (including phenoxy) is 1. The Labute approximate surface area is 111 Å². The molecule has 5 nitrogen and oxygen atoms in total. The van der Waals surface area contributed by atoms with Crippen molar-refractivity contribution in [3.8, 4) is 5.75 Å². The van der Waals surface area contributed by atoms with E-state index >= 15 is 0 Å². The molecule has 0 radical (unpaired) electrons. The standard InChI is InChI=1S/C14H16N2O3/c1-3-18-13-6-4-11(5-7-13)14(17)15-9-12-8-10(2)19-16-12/h4-8H,3,9H2,1-2H3,(H,15,17). The highest BCUT2D eigenvalue weighted by Crippen LogP contribution is 2.12. The Morgan fingerprint density at radius 3 is 2.68 bits per heavy atom. The van der Waals surface area contributed by atoms with Gasteiger partial charge in [-0.15, -0.1) is 0 Å². The van der Waals surface area contributed by atoms with Crippen LogP contribution in [0.25, 0.3) is 0 Å². The molecule has 1 aromatic heterocycles. The van der Waals surface area contributed by atoms with Gasteiger partial charge in [0.25, 0.3) is 5.91 Å². The Bertz CT molecular complexity index is 546. The maximum Gasteiger partial charge on any atom is 0.251 e. The Hall–Kier alpha value is -2.30. The van der Waals surface area contributed by atoms with Crippen LogP contribution in [0.5, 0.6) is 5.75 Å². The quantitative estimate of drug-likeness (QED) is 0.896. The maximum absolute atomic E-state index is 11.9. The van der Waals surface area contributed by atoms with Gasteiger partial charge >= 0.3 is 0 Å². The average Bonchev–Trinajstić information content (AvgIpc) is 2.83. The topological polar surface area (TPSA) is 64.4 Å². The van der Waals surface area contributed by atoms with E-state index < -0.39 is 0 Å². The van der Waals surface area contributed by atoms with Gasteiger partial charge in [0.1, 0.15) is 17.2 Å². The highest BCUT2D eigenvalue weighted by atomic mass is 16.5. The first-order valence-electron chi connectivity index (χ1n) is 6.12. The Kier molecular flexibility index (Phi) is 4.18. The molecule has 0 unspecified atom stereocenters. The molecule has 0 aliphatic rings. The number of amides is 1. The van der Waals surface area contributed by atoms with Gasteiger partial charge in [-0.1, -0.05) is 5.16 Å². The average molecular weight is 260 g/mol. The highest BCUT2D eigenvalue weighted by molar-refractivity contribution is 5.94. The zero-order valence-electron chi connectivity index (χ0n) is 11.0. The van der Waals surface area contributed by atoms with Crippen LogP contribution in [0.3, 0.4) is 0 Å². The number of hydrogen-bond donors (Lipinski definition) is 1. The zero-order chi connectivity index (χ0) is 13.7. The van der Waals surface area contributed by atoms with Gasteiger partial charge in [0.05, 0.1) is 13.2 Å². The van der Waals surface area contributed by atoms with Crippen molar-refractivity contribution in [2.75, 3.05) is 6.61 Å². The molecule has 19 heavy (non-hydrogen) atoms. The summed E-state index contributed by atoms with van der Waals surface area (Å²) in [5.41, 5.74) is 1.29. The summed E-state index contributed by atoms with van der Waals surface area (Å²) in [5.74, 6) is 1.33. The van der Waals surface area contributed by atoms with Crippen molar-refractivity contribution in [2.24, 2.45) is 0 Å². The van der Waals surface area contributed by atoms with E-state index in [2.05, 4.69) is 10.5 Å². The van der Waals surface area contributed by atoms with Gasteiger partial charge in [0.15, 0.2) is 0 Å². The van der Waals surface area contributed by atoms with Gasteiger partial charge in [0, 0.05) is 11.6 Å². The molecular weight excluding hydrogens is 244 g/mol. The molecule has 1 amide bonds. The van der Waals surface area contributed by atoms with Crippen LogP contribution in [0.15, 0.2) is 34.9 Å². The van der Waals surface area contributed by atoms with Crippen molar-refractivity contribution in [1.29, 1.82) is 0 Å². The van der Waals surface area contributed by atoms with E-state index in [4.69, 9.17) is 9.26 Å². The molecule has 1 N–H and O–H groups in total. The number of carbonyl (C=O) groups excluding carboxylic acids is 1. The van der Waals surface area contributed by atoms with E-state index in [1.165, 1.54) is 0 Å². The number of nitrogens with one attached hydrogen (secondary N) is 1. The van der Waals surface area contributed by atoms with Gasteiger partial charge < -0.3 is 14.6 Å². The van der Waals surface area contributed by atoms with Crippen molar-refractivity contribution in [2.45, 2.75) is 20.4 Å². The number of nitrogens with zero attached hydrogens (tertiary/aromatic N) is 1. The summed E-state index contributed by atoms with van der Waals surface area (Å²) in [7, 11) is 0. The summed E-state index contributed by atoms with van der Waals surface area (Å²) in [4.78, 5) is 11.9. The van der Waals surface area contributed by atoms with Crippen LogP contribution in [-0.4, -0.2) is 17.7 Å². The largest absolute Gasteiger partial charge is 0.494 e. The van der Waals surface area contributed by atoms with Crippen LogP contribution in [-0.2, 0) is 6.54 Å². The first-order valence-corrected chi connectivity index (χ1v) is 6.12. The monoisotopic (exact) mass is 260 g/mol. The fourth-order valence-electron chi connectivity index (χ4n) is 1.64.